The van der Waals surface area contributed by atoms with Gasteiger partial charge in [-0.15, -0.1) is 6.58 Å². The average Bonchev–Trinajstić information content (AvgIpc) is 2.20. The molecule has 2 nitrogen and oxygen atoms in total. The SMILES string of the molecule is C=CCCOc1ccc(C(C)=O)cc1Br. The molecule has 0 fully saturated rings. The van der Waals surface area contributed by atoms with Crippen LogP contribution in [0.5, 0.6) is 5.75 Å². The maximum Gasteiger partial charge on any atom is 0.159 e. The number of benzene rings is 1. The van der Waals surface area contributed by atoms with E-state index in [4.69, 9.17) is 4.74 Å². The van der Waals surface area contributed by atoms with Crippen molar-refractivity contribution >= 4 is 21.7 Å². The minimum atomic E-state index is 0.0494. The second-order valence-corrected chi connectivity index (χ2v) is 3.98. The highest BCUT2D eigenvalue weighted by Crippen LogP contribution is 2.26. The molecule has 0 saturated carbocycles. The number of carbonyl (C=O) groups is 1. The number of rotatable bonds is 5. The van der Waals surface area contributed by atoms with Crippen molar-refractivity contribution in [1.82, 2.24) is 0 Å². The first-order valence-electron chi connectivity index (χ1n) is 4.69. The van der Waals surface area contributed by atoms with Gasteiger partial charge in [0.25, 0.3) is 0 Å². The van der Waals surface area contributed by atoms with E-state index in [-0.39, 0.29) is 5.78 Å². The van der Waals surface area contributed by atoms with Gasteiger partial charge in [0.1, 0.15) is 5.75 Å². The number of Topliss-reactive ketones (excluding diaryl/α,β-unsaturated/α-hetero) is 1. The molecule has 0 spiro atoms. The summed E-state index contributed by atoms with van der Waals surface area (Å²) in [6.45, 7) is 5.76. The summed E-state index contributed by atoms with van der Waals surface area (Å²) >= 11 is 3.36. The van der Waals surface area contributed by atoms with Crippen molar-refractivity contribution in [2.75, 3.05) is 6.61 Å². The fraction of sp³-hybridized carbons (Fsp3) is 0.250. The molecule has 0 bridgehead atoms. The summed E-state index contributed by atoms with van der Waals surface area (Å²) in [4.78, 5) is 11.1. The van der Waals surface area contributed by atoms with E-state index in [0.29, 0.717) is 12.2 Å². The van der Waals surface area contributed by atoms with E-state index in [9.17, 15) is 4.79 Å². The molecule has 0 N–H and O–H groups in total. The molecular weight excluding hydrogens is 256 g/mol. The first-order chi connectivity index (χ1) is 7.15. The maximum atomic E-state index is 11.1. The number of ketones is 1. The van der Waals surface area contributed by atoms with Crippen LogP contribution in [0.1, 0.15) is 23.7 Å². The van der Waals surface area contributed by atoms with Crippen LogP contribution in [-0.2, 0) is 0 Å². The fourth-order valence-corrected chi connectivity index (χ4v) is 1.58. The molecule has 0 aliphatic carbocycles. The highest BCUT2D eigenvalue weighted by atomic mass is 79.9. The molecule has 0 saturated heterocycles. The lowest BCUT2D eigenvalue weighted by molar-refractivity contribution is 0.101. The standard InChI is InChI=1S/C12H13BrO2/c1-3-4-7-15-12-6-5-10(9(2)14)8-11(12)13/h3,5-6,8H,1,4,7H2,2H3. The second-order valence-electron chi connectivity index (χ2n) is 3.13. The Kier molecular flexibility index (Phi) is 4.56. The maximum absolute atomic E-state index is 11.1. The van der Waals surface area contributed by atoms with Gasteiger partial charge in [0.05, 0.1) is 11.1 Å². The van der Waals surface area contributed by atoms with E-state index >= 15 is 0 Å². The molecule has 0 aromatic heterocycles. The third kappa shape index (κ3) is 3.51. The van der Waals surface area contributed by atoms with Gasteiger partial charge in [0, 0.05) is 5.56 Å². The number of halogens is 1. The van der Waals surface area contributed by atoms with Crippen LogP contribution >= 0.6 is 15.9 Å². The van der Waals surface area contributed by atoms with Crippen molar-refractivity contribution in [1.29, 1.82) is 0 Å². The Morgan fingerprint density at radius 3 is 2.87 bits per heavy atom. The smallest absolute Gasteiger partial charge is 0.159 e. The van der Waals surface area contributed by atoms with Gasteiger partial charge in [-0.3, -0.25) is 4.79 Å². The summed E-state index contributed by atoms with van der Waals surface area (Å²) in [5, 5.41) is 0. The largest absolute Gasteiger partial charge is 0.492 e. The van der Waals surface area contributed by atoms with Crippen molar-refractivity contribution in [2.45, 2.75) is 13.3 Å². The third-order valence-electron chi connectivity index (χ3n) is 1.92. The van der Waals surface area contributed by atoms with Crippen molar-refractivity contribution in [3.05, 3.63) is 40.9 Å². The zero-order chi connectivity index (χ0) is 11.3. The second kappa shape index (κ2) is 5.71. The molecule has 1 aromatic carbocycles. The minimum Gasteiger partial charge on any atom is -0.492 e. The number of carbonyl (C=O) groups excluding carboxylic acids is 1. The van der Waals surface area contributed by atoms with Crippen molar-refractivity contribution in [3.63, 3.8) is 0 Å². The molecule has 0 radical (unpaired) electrons. The van der Waals surface area contributed by atoms with E-state index in [0.717, 1.165) is 16.6 Å². The summed E-state index contributed by atoms with van der Waals surface area (Å²) in [6, 6.07) is 5.33. The van der Waals surface area contributed by atoms with Crippen LogP contribution in [0.2, 0.25) is 0 Å². The van der Waals surface area contributed by atoms with Crippen LogP contribution in [0.25, 0.3) is 0 Å². The number of hydrogen-bond acceptors (Lipinski definition) is 2. The third-order valence-corrected chi connectivity index (χ3v) is 2.54. The summed E-state index contributed by atoms with van der Waals surface area (Å²) in [5.41, 5.74) is 0.679. The van der Waals surface area contributed by atoms with Crippen LogP contribution in [0.15, 0.2) is 35.3 Å². The molecule has 1 rings (SSSR count). The Morgan fingerprint density at radius 2 is 2.33 bits per heavy atom. The molecule has 0 heterocycles. The van der Waals surface area contributed by atoms with Gasteiger partial charge in [0.15, 0.2) is 5.78 Å². The molecule has 0 aliphatic heterocycles. The van der Waals surface area contributed by atoms with Crippen LogP contribution < -0.4 is 4.74 Å². The van der Waals surface area contributed by atoms with E-state index in [1.165, 1.54) is 0 Å². The molecule has 0 unspecified atom stereocenters. The van der Waals surface area contributed by atoms with Crippen LogP contribution in [0, 0.1) is 0 Å². The monoisotopic (exact) mass is 268 g/mol. The zero-order valence-electron chi connectivity index (χ0n) is 8.63. The lowest BCUT2D eigenvalue weighted by atomic mass is 10.1. The Morgan fingerprint density at radius 1 is 1.60 bits per heavy atom. The molecule has 3 heteroatoms. The lowest BCUT2D eigenvalue weighted by Crippen LogP contribution is -1.98. The minimum absolute atomic E-state index is 0.0494. The van der Waals surface area contributed by atoms with Gasteiger partial charge in [-0.05, 0) is 47.5 Å². The van der Waals surface area contributed by atoms with Gasteiger partial charge < -0.3 is 4.74 Å². The van der Waals surface area contributed by atoms with E-state index in [1.54, 1.807) is 31.2 Å². The highest BCUT2D eigenvalue weighted by molar-refractivity contribution is 9.10. The van der Waals surface area contributed by atoms with Crippen LogP contribution in [0.4, 0.5) is 0 Å². The quantitative estimate of drug-likeness (QED) is 0.463. The van der Waals surface area contributed by atoms with Gasteiger partial charge in [-0.25, -0.2) is 0 Å². The van der Waals surface area contributed by atoms with E-state index in [1.807, 2.05) is 0 Å². The van der Waals surface area contributed by atoms with E-state index in [2.05, 4.69) is 22.5 Å². The van der Waals surface area contributed by atoms with Gasteiger partial charge in [0.2, 0.25) is 0 Å². The predicted octanol–water partition coefficient (Wildman–Crippen LogP) is 3.61. The molecule has 0 aliphatic rings. The van der Waals surface area contributed by atoms with Crippen LogP contribution in [0.3, 0.4) is 0 Å². The topological polar surface area (TPSA) is 26.3 Å². The Labute approximate surface area is 98.1 Å². The molecule has 0 atom stereocenters. The summed E-state index contributed by atoms with van der Waals surface area (Å²) in [7, 11) is 0. The van der Waals surface area contributed by atoms with Crippen molar-refractivity contribution in [3.8, 4) is 5.75 Å². The molecule has 1 aromatic rings. The Balaban J connectivity index is 2.74. The Bertz CT molecular complexity index is 372. The molecule has 0 amide bonds. The van der Waals surface area contributed by atoms with Crippen molar-refractivity contribution < 1.29 is 9.53 Å². The molecule has 80 valence electrons. The first kappa shape index (κ1) is 12.0. The van der Waals surface area contributed by atoms with Crippen LogP contribution in [-0.4, -0.2) is 12.4 Å². The van der Waals surface area contributed by atoms with Gasteiger partial charge >= 0.3 is 0 Å². The van der Waals surface area contributed by atoms with E-state index < -0.39 is 0 Å². The summed E-state index contributed by atoms with van der Waals surface area (Å²) in [6.07, 6.45) is 2.61. The summed E-state index contributed by atoms with van der Waals surface area (Å²) < 4.78 is 6.29. The summed E-state index contributed by atoms with van der Waals surface area (Å²) in [5.74, 6) is 0.801. The first-order valence-corrected chi connectivity index (χ1v) is 5.48. The molecular formula is C12H13BrO2. The fourth-order valence-electron chi connectivity index (χ4n) is 1.09. The normalized spacial score (nSPS) is 9.73. The average molecular weight is 269 g/mol. The Hall–Kier alpha value is -1.09. The lowest BCUT2D eigenvalue weighted by Gasteiger charge is -2.07. The van der Waals surface area contributed by atoms with Gasteiger partial charge in [-0.1, -0.05) is 6.08 Å². The highest BCUT2D eigenvalue weighted by Gasteiger charge is 2.04. The molecule has 15 heavy (non-hydrogen) atoms. The number of ether oxygens (including phenoxy) is 1. The van der Waals surface area contributed by atoms with Crippen molar-refractivity contribution in [2.24, 2.45) is 0 Å². The predicted molar refractivity (Wildman–Crippen MR) is 64.5 cm³/mol. The zero-order valence-corrected chi connectivity index (χ0v) is 10.2. The van der Waals surface area contributed by atoms with Gasteiger partial charge in [-0.2, -0.15) is 0 Å². The number of hydrogen-bond donors (Lipinski definition) is 0.